The molecule has 1 aromatic rings. The van der Waals surface area contributed by atoms with Crippen LogP contribution >= 0.6 is 0 Å². The number of carbonyl (C=O) groups is 1. The number of hydrogen-bond donors (Lipinski definition) is 1. The largest absolute Gasteiger partial charge is 0.356 e. The van der Waals surface area contributed by atoms with Crippen LogP contribution in [0.2, 0.25) is 0 Å². The van der Waals surface area contributed by atoms with Gasteiger partial charge in [0.1, 0.15) is 5.82 Å². The molecule has 0 aliphatic heterocycles. The summed E-state index contributed by atoms with van der Waals surface area (Å²) < 4.78 is 13.3. The molecule has 0 saturated heterocycles. The van der Waals surface area contributed by atoms with Gasteiger partial charge in [-0.2, -0.15) is 0 Å². The van der Waals surface area contributed by atoms with Crippen molar-refractivity contribution in [2.24, 2.45) is 5.92 Å². The van der Waals surface area contributed by atoms with Crippen LogP contribution in [0.1, 0.15) is 32.3 Å². The summed E-state index contributed by atoms with van der Waals surface area (Å²) in [6.07, 6.45) is 1.78. The third-order valence-electron chi connectivity index (χ3n) is 2.62. The Morgan fingerprint density at radius 3 is 2.71 bits per heavy atom. The molecule has 1 amide bonds. The Morgan fingerprint density at radius 1 is 1.35 bits per heavy atom. The molecule has 0 aromatic heterocycles. The second-order valence-electron chi connectivity index (χ2n) is 4.62. The lowest BCUT2D eigenvalue weighted by Crippen LogP contribution is -2.25. The summed E-state index contributed by atoms with van der Waals surface area (Å²) in [6.45, 7) is 4.94. The third kappa shape index (κ3) is 5.48. The van der Waals surface area contributed by atoms with Crippen LogP contribution < -0.4 is 5.32 Å². The van der Waals surface area contributed by atoms with Crippen molar-refractivity contribution in [2.45, 2.75) is 33.1 Å². The summed E-state index contributed by atoms with van der Waals surface area (Å²) >= 11 is 0. The van der Waals surface area contributed by atoms with Gasteiger partial charge in [-0.3, -0.25) is 4.79 Å². The van der Waals surface area contributed by atoms with E-state index in [-0.39, 0.29) is 11.7 Å². The van der Waals surface area contributed by atoms with Gasteiger partial charge in [0, 0.05) is 13.0 Å². The molecule has 0 aliphatic carbocycles. The van der Waals surface area contributed by atoms with Gasteiger partial charge in [-0.05, 0) is 30.4 Å². The van der Waals surface area contributed by atoms with Crippen molar-refractivity contribution in [2.75, 3.05) is 6.54 Å². The van der Waals surface area contributed by atoms with Crippen molar-refractivity contribution >= 4 is 5.91 Å². The first-order valence-corrected chi connectivity index (χ1v) is 6.09. The summed E-state index contributed by atoms with van der Waals surface area (Å²) in [5.41, 5.74) is 0.603. The Kier molecular flexibility index (Phi) is 5.67. The Bertz CT molecular complexity index is 363. The van der Waals surface area contributed by atoms with Gasteiger partial charge < -0.3 is 5.32 Å². The quantitative estimate of drug-likeness (QED) is 0.809. The number of aryl methyl sites for hydroxylation is 1. The minimum atomic E-state index is -0.234. The normalized spacial score (nSPS) is 10.6. The summed E-state index contributed by atoms with van der Waals surface area (Å²) in [5, 5.41) is 2.84. The number of amides is 1. The van der Waals surface area contributed by atoms with Gasteiger partial charge in [0.05, 0.1) is 0 Å². The van der Waals surface area contributed by atoms with E-state index in [0.717, 1.165) is 6.42 Å². The molecule has 0 atom stereocenters. The van der Waals surface area contributed by atoms with Gasteiger partial charge in [-0.25, -0.2) is 4.39 Å². The lowest BCUT2D eigenvalue weighted by molar-refractivity contribution is -0.121. The Hall–Kier alpha value is -1.38. The fourth-order valence-corrected chi connectivity index (χ4v) is 1.54. The van der Waals surface area contributed by atoms with E-state index in [1.165, 1.54) is 6.07 Å². The van der Waals surface area contributed by atoms with E-state index < -0.39 is 0 Å². The molecule has 0 saturated carbocycles. The number of hydrogen-bond acceptors (Lipinski definition) is 1. The average Bonchev–Trinajstić information content (AvgIpc) is 2.27. The highest BCUT2D eigenvalue weighted by Crippen LogP contribution is 2.08. The molecule has 2 nitrogen and oxygen atoms in total. The van der Waals surface area contributed by atoms with Crippen molar-refractivity contribution in [3.8, 4) is 0 Å². The van der Waals surface area contributed by atoms with Crippen LogP contribution in [-0.2, 0) is 11.2 Å². The molecule has 0 aliphatic rings. The maximum Gasteiger partial charge on any atom is 0.220 e. The van der Waals surface area contributed by atoms with Crippen molar-refractivity contribution in [1.82, 2.24) is 5.32 Å². The molecule has 0 bridgehead atoms. The third-order valence-corrected chi connectivity index (χ3v) is 2.62. The zero-order valence-electron chi connectivity index (χ0n) is 10.5. The summed E-state index contributed by atoms with van der Waals surface area (Å²) in [6, 6.07) is 6.58. The van der Waals surface area contributed by atoms with Crippen molar-refractivity contribution < 1.29 is 9.18 Å². The van der Waals surface area contributed by atoms with Gasteiger partial charge in [0.15, 0.2) is 0 Å². The second kappa shape index (κ2) is 7.05. The van der Waals surface area contributed by atoms with Crippen LogP contribution in [0.25, 0.3) is 0 Å². The van der Waals surface area contributed by atoms with Crippen LogP contribution in [0.4, 0.5) is 4.39 Å². The second-order valence-corrected chi connectivity index (χ2v) is 4.62. The van der Waals surface area contributed by atoms with E-state index in [2.05, 4.69) is 19.2 Å². The number of carbonyl (C=O) groups excluding carboxylic acids is 1. The van der Waals surface area contributed by atoms with Crippen molar-refractivity contribution in [3.05, 3.63) is 35.6 Å². The first-order chi connectivity index (χ1) is 8.09. The van der Waals surface area contributed by atoms with Crippen LogP contribution in [0.15, 0.2) is 24.3 Å². The molecular formula is C14H20FNO. The molecule has 17 heavy (non-hydrogen) atoms. The van der Waals surface area contributed by atoms with Crippen LogP contribution in [-0.4, -0.2) is 12.5 Å². The Morgan fingerprint density at radius 2 is 2.06 bits per heavy atom. The van der Waals surface area contributed by atoms with E-state index >= 15 is 0 Å². The van der Waals surface area contributed by atoms with E-state index in [9.17, 15) is 9.18 Å². The fourth-order valence-electron chi connectivity index (χ4n) is 1.54. The van der Waals surface area contributed by atoms with Gasteiger partial charge in [0.2, 0.25) is 5.91 Å². The van der Waals surface area contributed by atoms with E-state index in [4.69, 9.17) is 0 Å². The number of rotatable bonds is 6. The van der Waals surface area contributed by atoms with Gasteiger partial charge >= 0.3 is 0 Å². The molecule has 1 aromatic carbocycles. The van der Waals surface area contributed by atoms with Gasteiger partial charge in [0.25, 0.3) is 0 Å². The smallest absolute Gasteiger partial charge is 0.220 e. The van der Waals surface area contributed by atoms with E-state index in [0.29, 0.717) is 30.9 Å². The van der Waals surface area contributed by atoms with Gasteiger partial charge in [-0.15, -0.1) is 0 Å². The maximum absolute atomic E-state index is 13.3. The molecule has 3 heteroatoms. The summed E-state index contributed by atoms with van der Waals surface area (Å²) in [5.74, 6) is 0.346. The monoisotopic (exact) mass is 237 g/mol. The first-order valence-electron chi connectivity index (χ1n) is 6.09. The van der Waals surface area contributed by atoms with Crippen molar-refractivity contribution in [3.63, 3.8) is 0 Å². The number of halogens is 1. The molecule has 1 rings (SSSR count). The number of benzene rings is 1. The minimum absolute atomic E-state index is 0.00565. The summed E-state index contributed by atoms with van der Waals surface area (Å²) in [7, 11) is 0. The molecular weight excluding hydrogens is 217 g/mol. The van der Waals surface area contributed by atoms with E-state index in [1.54, 1.807) is 18.2 Å². The predicted molar refractivity (Wildman–Crippen MR) is 67.2 cm³/mol. The lowest BCUT2D eigenvalue weighted by Gasteiger charge is -2.07. The molecule has 0 fully saturated rings. The highest BCUT2D eigenvalue weighted by Gasteiger charge is 2.05. The molecule has 0 radical (unpaired) electrons. The van der Waals surface area contributed by atoms with Crippen LogP contribution in [0.3, 0.4) is 0 Å². The standard InChI is InChI=1S/C14H20FNO/c1-11(2)9-10-16-14(17)8-7-12-5-3-4-6-13(12)15/h3-6,11H,7-10H2,1-2H3,(H,16,17). The zero-order valence-corrected chi connectivity index (χ0v) is 10.5. The molecule has 94 valence electrons. The fraction of sp³-hybridized carbons (Fsp3) is 0.500. The SMILES string of the molecule is CC(C)CCNC(=O)CCc1ccccc1F. The molecule has 0 spiro atoms. The van der Waals surface area contributed by atoms with Crippen molar-refractivity contribution in [1.29, 1.82) is 0 Å². The Labute approximate surface area is 102 Å². The van der Waals surface area contributed by atoms with Gasteiger partial charge in [-0.1, -0.05) is 32.0 Å². The predicted octanol–water partition coefficient (Wildman–Crippen LogP) is 2.92. The highest BCUT2D eigenvalue weighted by molar-refractivity contribution is 5.76. The minimum Gasteiger partial charge on any atom is -0.356 e. The van der Waals surface area contributed by atoms with Crippen LogP contribution in [0.5, 0.6) is 0 Å². The molecule has 0 unspecified atom stereocenters. The lowest BCUT2D eigenvalue weighted by atomic mass is 10.1. The van der Waals surface area contributed by atoms with Crippen LogP contribution in [0, 0.1) is 11.7 Å². The molecule has 1 N–H and O–H groups in total. The highest BCUT2D eigenvalue weighted by atomic mass is 19.1. The number of nitrogens with one attached hydrogen (secondary N) is 1. The first kappa shape index (κ1) is 13.7. The summed E-state index contributed by atoms with van der Waals surface area (Å²) in [4.78, 5) is 11.5. The van der Waals surface area contributed by atoms with E-state index in [1.807, 2.05) is 0 Å². The molecule has 0 heterocycles. The zero-order chi connectivity index (χ0) is 12.7. The average molecular weight is 237 g/mol. The maximum atomic E-state index is 13.3. The topological polar surface area (TPSA) is 29.1 Å². The Balaban J connectivity index is 2.26.